The lowest BCUT2D eigenvalue weighted by atomic mass is 10.1. The van der Waals surface area contributed by atoms with Gasteiger partial charge < -0.3 is 10.1 Å². The number of rotatable bonds is 7. The topological polar surface area (TPSA) is 75.7 Å². The quantitative estimate of drug-likeness (QED) is 0.636. The molecule has 3 rings (SSSR count). The molecule has 29 heavy (non-hydrogen) atoms. The van der Waals surface area contributed by atoms with Gasteiger partial charge in [-0.05, 0) is 53.6 Å². The number of hydrogen-bond acceptors (Lipinski definition) is 4. The van der Waals surface area contributed by atoms with Gasteiger partial charge in [-0.15, -0.1) is 0 Å². The Hall–Kier alpha value is -3.06. The zero-order valence-corrected chi connectivity index (χ0v) is 17.4. The molecule has 0 saturated carbocycles. The fraction of sp³-hybridized carbons (Fsp3) is 0.227. The second kappa shape index (κ2) is 8.53. The maximum atomic E-state index is 12.7. The number of fused-ring (bicyclic) bond motifs is 1. The average molecular weight is 413 g/mol. The van der Waals surface area contributed by atoms with Crippen LogP contribution in [0.3, 0.4) is 0 Å². The first-order chi connectivity index (χ1) is 13.8. The van der Waals surface area contributed by atoms with Crippen LogP contribution in [0.15, 0.2) is 66.7 Å². The predicted octanol–water partition coefficient (Wildman–Crippen LogP) is 4.03. The van der Waals surface area contributed by atoms with Crippen molar-refractivity contribution in [3.8, 4) is 5.75 Å². The predicted molar refractivity (Wildman–Crippen MR) is 117 cm³/mol. The van der Waals surface area contributed by atoms with Gasteiger partial charge in [0.05, 0.1) is 11.9 Å². The monoisotopic (exact) mass is 412 g/mol. The standard InChI is InChI=1S/C22H24N2O4S/c1-4-21(28-20-13-11-19(12-14-20)24(2)29(3,26)27)22(25)23-18-10-9-16-7-5-6-8-17(16)15-18/h5-15,21H,4H2,1-3H3,(H,23,25)/t21-/m1/s1. The summed E-state index contributed by atoms with van der Waals surface area (Å²) in [6.45, 7) is 1.87. The molecule has 0 aromatic heterocycles. The van der Waals surface area contributed by atoms with Gasteiger partial charge in [0.15, 0.2) is 6.10 Å². The van der Waals surface area contributed by atoms with E-state index in [-0.39, 0.29) is 5.91 Å². The zero-order valence-electron chi connectivity index (χ0n) is 16.6. The minimum absolute atomic E-state index is 0.236. The minimum Gasteiger partial charge on any atom is -0.481 e. The second-order valence-electron chi connectivity index (χ2n) is 6.79. The van der Waals surface area contributed by atoms with Crippen molar-refractivity contribution >= 4 is 38.1 Å². The summed E-state index contributed by atoms with van der Waals surface area (Å²) in [6, 6.07) is 20.3. The van der Waals surface area contributed by atoms with Gasteiger partial charge >= 0.3 is 0 Å². The molecule has 0 aliphatic heterocycles. The number of carbonyl (C=O) groups is 1. The Bertz CT molecular complexity index is 1110. The van der Waals surface area contributed by atoms with Gasteiger partial charge in [0.2, 0.25) is 10.0 Å². The minimum atomic E-state index is -3.33. The van der Waals surface area contributed by atoms with Crippen molar-refractivity contribution < 1.29 is 17.9 Å². The van der Waals surface area contributed by atoms with Crippen LogP contribution in [0.25, 0.3) is 10.8 Å². The smallest absolute Gasteiger partial charge is 0.265 e. The highest BCUT2D eigenvalue weighted by molar-refractivity contribution is 7.92. The van der Waals surface area contributed by atoms with Crippen molar-refractivity contribution in [2.24, 2.45) is 0 Å². The Morgan fingerprint density at radius 1 is 1.03 bits per heavy atom. The highest BCUT2D eigenvalue weighted by Crippen LogP contribution is 2.23. The van der Waals surface area contributed by atoms with Crippen molar-refractivity contribution in [2.75, 3.05) is 22.9 Å². The van der Waals surface area contributed by atoms with E-state index in [1.807, 2.05) is 49.4 Å². The van der Waals surface area contributed by atoms with Crippen LogP contribution >= 0.6 is 0 Å². The van der Waals surface area contributed by atoms with E-state index in [2.05, 4.69) is 5.32 Å². The lowest BCUT2D eigenvalue weighted by Crippen LogP contribution is -2.32. The molecule has 1 N–H and O–H groups in total. The highest BCUT2D eigenvalue weighted by Gasteiger charge is 2.19. The van der Waals surface area contributed by atoms with Gasteiger partial charge in [0, 0.05) is 12.7 Å². The van der Waals surface area contributed by atoms with Crippen LogP contribution in [0.5, 0.6) is 5.75 Å². The number of hydrogen-bond donors (Lipinski definition) is 1. The third-order valence-electron chi connectivity index (χ3n) is 4.66. The summed E-state index contributed by atoms with van der Waals surface area (Å²) in [5.41, 5.74) is 1.23. The first kappa shape index (κ1) is 20.7. The molecule has 0 fully saturated rings. The van der Waals surface area contributed by atoms with Crippen LogP contribution in [0.1, 0.15) is 13.3 Å². The summed E-state index contributed by atoms with van der Waals surface area (Å²) in [4.78, 5) is 12.7. The number of sulfonamides is 1. The maximum Gasteiger partial charge on any atom is 0.265 e. The molecule has 1 amide bonds. The first-order valence-electron chi connectivity index (χ1n) is 9.28. The molecule has 0 aliphatic carbocycles. The molecular weight excluding hydrogens is 388 g/mol. The number of benzene rings is 3. The molecule has 0 aliphatic rings. The van der Waals surface area contributed by atoms with Crippen LogP contribution in [0, 0.1) is 0 Å². The van der Waals surface area contributed by atoms with Gasteiger partial charge in [0.25, 0.3) is 5.91 Å². The van der Waals surface area contributed by atoms with Crippen LogP contribution in [0.4, 0.5) is 11.4 Å². The van der Waals surface area contributed by atoms with Crippen molar-refractivity contribution in [3.05, 3.63) is 66.7 Å². The van der Waals surface area contributed by atoms with E-state index in [0.29, 0.717) is 23.5 Å². The molecule has 0 spiro atoms. The largest absolute Gasteiger partial charge is 0.481 e. The van der Waals surface area contributed by atoms with Gasteiger partial charge in [-0.25, -0.2) is 8.42 Å². The molecule has 0 saturated heterocycles. The molecule has 7 heteroatoms. The van der Waals surface area contributed by atoms with Crippen LogP contribution < -0.4 is 14.4 Å². The number of anilines is 2. The average Bonchev–Trinajstić information content (AvgIpc) is 2.71. The molecular formula is C22H24N2O4S. The Balaban J connectivity index is 1.69. The number of ether oxygens (including phenoxy) is 1. The van der Waals surface area contributed by atoms with Crippen molar-refractivity contribution in [1.29, 1.82) is 0 Å². The summed E-state index contributed by atoms with van der Waals surface area (Å²) in [7, 11) is -1.85. The summed E-state index contributed by atoms with van der Waals surface area (Å²) < 4.78 is 30.3. The SMILES string of the molecule is CC[C@@H](Oc1ccc(N(C)S(C)(=O)=O)cc1)C(=O)Nc1ccc2ccccc2c1. The number of nitrogens with zero attached hydrogens (tertiary/aromatic N) is 1. The van der Waals surface area contributed by atoms with Crippen molar-refractivity contribution in [2.45, 2.75) is 19.4 Å². The summed E-state index contributed by atoms with van der Waals surface area (Å²) >= 11 is 0. The lowest BCUT2D eigenvalue weighted by Gasteiger charge is -2.19. The third kappa shape index (κ3) is 5.06. The Morgan fingerprint density at radius 3 is 2.31 bits per heavy atom. The van der Waals surface area contributed by atoms with Crippen LogP contribution in [0.2, 0.25) is 0 Å². The van der Waals surface area contributed by atoms with E-state index in [0.717, 1.165) is 17.0 Å². The first-order valence-corrected chi connectivity index (χ1v) is 11.1. The summed E-state index contributed by atoms with van der Waals surface area (Å²) in [5.74, 6) is 0.260. The van der Waals surface area contributed by atoms with E-state index in [4.69, 9.17) is 4.74 Å². The maximum absolute atomic E-state index is 12.7. The van der Waals surface area contributed by atoms with Gasteiger partial charge in [-0.2, -0.15) is 0 Å². The molecule has 0 heterocycles. The fourth-order valence-electron chi connectivity index (χ4n) is 2.90. The second-order valence-corrected chi connectivity index (χ2v) is 8.80. The lowest BCUT2D eigenvalue weighted by molar-refractivity contribution is -0.122. The Morgan fingerprint density at radius 2 is 1.69 bits per heavy atom. The summed E-state index contributed by atoms with van der Waals surface area (Å²) in [6.07, 6.45) is 0.964. The Labute approximate surface area is 171 Å². The van der Waals surface area contributed by atoms with Gasteiger partial charge in [-0.1, -0.05) is 37.3 Å². The molecule has 152 valence electrons. The van der Waals surface area contributed by atoms with E-state index < -0.39 is 16.1 Å². The Kier molecular flexibility index (Phi) is 6.08. The van der Waals surface area contributed by atoms with E-state index in [1.165, 1.54) is 11.4 Å². The highest BCUT2D eigenvalue weighted by atomic mass is 32.2. The number of carbonyl (C=O) groups excluding carboxylic acids is 1. The van der Waals surface area contributed by atoms with E-state index >= 15 is 0 Å². The normalized spacial score (nSPS) is 12.4. The zero-order chi connectivity index (χ0) is 21.0. The van der Waals surface area contributed by atoms with Crippen molar-refractivity contribution in [3.63, 3.8) is 0 Å². The molecule has 0 unspecified atom stereocenters. The van der Waals surface area contributed by atoms with Crippen LogP contribution in [-0.4, -0.2) is 33.7 Å². The number of nitrogens with one attached hydrogen (secondary N) is 1. The molecule has 3 aromatic rings. The van der Waals surface area contributed by atoms with Crippen molar-refractivity contribution in [1.82, 2.24) is 0 Å². The molecule has 0 radical (unpaired) electrons. The van der Waals surface area contributed by atoms with E-state index in [9.17, 15) is 13.2 Å². The molecule has 1 atom stereocenters. The van der Waals surface area contributed by atoms with E-state index in [1.54, 1.807) is 24.3 Å². The molecule has 3 aromatic carbocycles. The fourth-order valence-corrected chi connectivity index (χ4v) is 3.41. The molecule has 6 nitrogen and oxygen atoms in total. The molecule has 0 bridgehead atoms. The summed E-state index contributed by atoms with van der Waals surface area (Å²) in [5, 5.41) is 5.05. The van der Waals surface area contributed by atoms with Gasteiger partial charge in [-0.3, -0.25) is 9.10 Å². The number of amides is 1. The van der Waals surface area contributed by atoms with Crippen LogP contribution in [-0.2, 0) is 14.8 Å². The van der Waals surface area contributed by atoms with Gasteiger partial charge in [0.1, 0.15) is 5.75 Å². The third-order valence-corrected chi connectivity index (χ3v) is 5.86.